The molecule has 2 rings (SSSR count). The van der Waals surface area contributed by atoms with Crippen LogP contribution in [0, 0.1) is 6.92 Å². The molecular formula is C16H28N6O2. The summed E-state index contributed by atoms with van der Waals surface area (Å²) in [5.74, 6) is 0.786. The lowest BCUT2D eigenvalue weighted by Crippen LogP contribution is -2.50. The minimum atomic E-state index is -0.215. The van der Waals surface area contributed by atoms with Crippen LogP contribution < -0.4 is 10.6 Å². The van der Waals surface area contributed by atoms with E-state index in [-0.39, 0.29) is 6.09 Å². The van der Waals surface area contributed by atoms with Crippen LogP contribution in [0.15, 0.2) is 17.4 Å². The number of likely N-dealkylation sites (tertiary alicyclic amines) is 1. The summed E-state index contributed by atoms with van der Waals surface area (Å²) in [7, 11) is 1.77. The van der Waals surface area contributed by atoms with Gasteiger partial charge in [-0.3, -0.25) is 9.67 Å². The maximum Gasteiger partial charge on any atom is 0.409 e. The molecule has 0 spiro atoms. The third-order valence-electron chi connectivity index (χ3n) is 3.98. The van der Waals surface area contributed by atoms with E-state index >= 15 is 0 Å². The number of carbonyl (C=O) groups excluding carboxylic acids is 1. The fourth-order valence-electron chi connectivity index (χ4n) is 2.69. The zero-order valence-corrected chi connectivity index (χ0v) is 14.8. The minimum absolute atomic E-state index is 0.215. The van der Waals surface area contributed by atoms with Crippen LogP contribution in [-0.2, 0) is 11.3 Å². The fourth-order valence-corrected chi connectivity index (χ4v) is 2.69. The lowest BCUT2D eigenvalue weighted by Gasteiger charge is -2.32. The first-order valence-corrected chi connectivity index (χ1v) is 8.50. The normalized spacial score (nSPS) is 16.1. The van der Waals surface area contributed by atoms with Crippen LogP contribution in [0.1, 0.15) is 25.3 Å². The number of amides is 1. The van der Waals surface area contributed by atoms with Gasteiger partial charge in [-0.25, -0.2) is 4.79 Å². The summed E-state index contributed by atoms with van der Waals surface area (Å²) in [6.45, 7) is 7.23. The molecule has 1 fully saturated rings. The van der Waals surface area contributed by atoms with E-state index < -0.39 is 0 Å². The van der Waals surface area contributed by atoms with Crippen molar-refractivity contribution in [3.05, 3.63) is 18.0 Å². The van der Waals surface area contributed by atoms with Crippen molar-refractivity contribution in [3.63, 3.8) is 0 Å². The topological polar surface area (TPSA) is 83.8 Å². The molecule has 0 unspecified atom stereocenters. The Morgan fingerprint density at radius 3 is 2.79 bits per heavy atom. The molecule has 2 heterocycles. The van der Waals surface area contributed by atoms with Gasteiger partial charge in [0.15, 0.2) is 5.96 Å². The van der Waals surface area contributed by atoms with Gasteiger partial charge in [0.1, 0.15) is 0 Å². The van der Waals surface area contributed by atoms with E-state index in [1.165, 1.54) is 0 Å². The number of hydrogen-bond acceptors (Lipinski definition) is 4. The lowest BCUT2D eigenvalue weighted by molar-refractivity contribution is 0.0963. The lowest BCUT2D eigenvalue weighted by atomic mass is 10.1. The summed E-state index contributed by atoms with van der Waals surface area (Å²) in [6.07, 6.45) is 5.43. The van der Waals surface area contributed by atoms with E-state index in [0.29, 0.717) is 25.7 Å². The largest absolute Gasteiger partial charge is 0.450 e. The van der Waals surface area contributed by atoms with E-state index in [9.17, 15) is 4.79 Å². The van der Waals surface area contributed by atoms with Crippen LogP contribution in [0.3, 0.4) is 0 Å². The molecule has 1 saturated heterocycles. The molecule has 0 bridgehead atoms. The number of nitrogens with zero attached hydrogens (tertiary/aromatic N) is 4. The summed E-state index contributed by atoms with van der Waals surface area (Å²) in [4.78, 5) is 17.7. The summed E-state index contributed by atoms with van der Waals surface area (Å²) < 4.78 is 6.95. The predicted octanol–water partition coefficient (Wildman–Crippen LogP) is 0.977. The van der Waals surface area contributed by atoms with Crippen molar-refractivity contribution in [1.29, 1.82) is 0 Å². The number of ether oxygens (including phenoxy) is 1. The van der Waals surface area contributed by atoms with Crippen LogP contribution >= 0.6 is 0 Å². The summed E-state index contributed by atoms with van der Waals surface area (Å²) in [6, 6.07) is 0.314. The maximum atomic E-state index is 11.7. The number of aromatic nitrogens is 2. The van der Waals surface area contributed by atoms with Crippen LogP contribution in [0.25, 0.3) is 0 Å². The average Bonchev–Trinajstić information content (AvgIpc) is 3.00. The van der Waals surface area contributed by atoms with E-state index in [1.807, 2.05) is 30.9 Å². The zero-order valence-electron chi connectivity index (χ0n) is 14.8. The van der Waals surface area contributed by atoms with Gasteiger partial charge >= 0.3 is 6.09 Å². The van der Waals surface area contributed by atoms with E-state index in [1.54, 1.807) is 11.9 Å². The number of carbonyl (C=O) groups is 1. The first-order chi connectivity index (χ1) is 11.6. The molecule has 0 saturated carbocycles. The maximum absolute atomic E-state index is 11.7. The number of rotatable bonds is 5. The van der Waals surface area contributed by atoms with Gasteiger partial charge < -0.3 is 20.3 Å². The predicted molar refractivity (Wildman–Crippen MR) is 93.1 cm³/mol. The van der Waals surface area contributed by atoms with Crippen molar-refractivity contribution < 1.29 is 9.53 Å². The number of aliphatic imine (C=N–C) groups is 1. The monoisotopic (exact) mass is 336 g/mol. The molecule has 0 aromatic carbocycles. The van der Waals surface area contributed by atoms with Gasteiger partial charge in [-0.15, -0.1) is 0 Å². The highest BCUT2D eigenvalue weighted by molar-refractivity contribution is 5.80. The van der Waals surface area contributed by atoms with Crippen molar-refractivity contribution in [2.45, 2.75) is 39.3 Å². The molecule has 1 aromatic rings. The smallest absolute Gasteiger partial charge is 0.409 e. The van der Waals surface area contributed by atoms with Crippen LogP contribution in [0.5, 0.6) is 0 Å². The molecule has 1 aliphatic heterocycles. The first kappa shape index (κ1) is 18.1. The number of guanidine groups is 1. The van der Waals surface area contributed by atoms with Gasteiger partial charge in [0, 0.05) is 38.9 Å². The van der Waals surface area contributed by atoms with Crippen molar-refractivity contribution in [3.8, 4) is 0 Å². The molecule has 0 aliphatic carbocycles. The Kier molecular flexibility index (Phi) is 6.89. The van der Waals surface area contributed by atoms with Crippen molar-refractivity contribution in [2.24, 2.45) is 4.99 Å². The second-order valence-electron chi connectivity index (χ2n) is 5.88. The zero-order chi connectivity index (χ0) is 17.4. The van der Waals surface area contributed by atoms with Crippen LogP contribution in [0.2, 0.25) is 0 Å². The van der Waals surface area contributed by atoms with Crippen LogP contribution in [-0.4, -0.2) is 66.1 Å². The molecule has 1 aromatic heterocycles. The number of nitrogens with one attached hydrogen (secondary N) is 2. The molecule has 0 atom stereocenters. The van der Waals surface area contributed by atoms with Crippen molar-refractivity contribution in [2.75, 3.05) is 33.3 Å². The highest BCUT2D eigenvalue weighted by atomic mass is 16.6. The molecule has 1 aliphatic rings. The molecule has 0 radical (unpaired) electrons. The van der Waals surface area contributed by atoms with Gasteiger partial charge in [0.05, 0.1) is 19.3 Å². The Balaban J connectivity index is 1.69. The van der Waals surface area contributed by atoms with E-state index in [2.05, 4.69) is 20.7 Å². The van der Waals surface area contributed by atoms with Crippen LogP contribution in [0.4, 0.5) is 4.79 Å². The van der Waals surface area contributed by atoms with Crippen molar-refractivity contribution in [1.82, 2.24) is 25.3 Å². The minimum Gasteiger partial charge on any atom is -0.450 e. The van der Waals surface area contributed by atoms with E-state index in [0.717, 1.165) is 37.5 Å². The Morgan fingerprint density at radius 2 is 2.21 bits per heavy atom. The van der Waals surface area contributed by atoms with Gasteiger partial charge in [-0.05, 0) is 32.3 Å². The summed E-state index contributed by atoms with van der Waals surface area (Å²) >= 11 is 0. The SMILES string of the molecule is CCOC(=O)N1CCC(NC(=NC)NCCn2cc(C)cn2)CC1. The van der Waals surface area contributed by atoms with E-state index in [4.69, 9.17) is 4.74 Å². The van der Waals surface area contributed by atoms with Crippen molar-refractivity contribution >= 4 is 12.1 Å². The molecule has 134 valence electrons. The Hall–Kier alpha value is -2.25. The number of hydrogen-bond donors (Lipinski definition) is 2. The fraction of sp³-hybridized carbons (Fsp3) is 0.688. The molecule has 1 amide bonds. The van der Waals surface area contributed by atoms with Gasteiger partial charge in [0.25, 0.3) is 0 Å². The Bertz CT molecular complexity index is 549. The average molecular weight is 336 g/mol. The Morgan fingerprint density at radius 1 is 1.46 bits per heavy atom. The first-order valence-electron chi connectivity index (χ1n) is 8.50. The number of piperidine rings is 1. The standard InChI is InChI=1S/C16H28N6O2/c1-4-24-16(23)21-8-5-14(6-9-21)20-15(17-3)18-7-10-22-12-13(2)11-19-22/h11-12,14H,4-10H2,1-3H3,(H2,17,18,20). The molecular weight excluding hydrogens is 308 g/mol. The molecule has 2 N–H and O–H groups in total. The number of aryl methyl sites for hydroxylation is 1. The molecule has 8 heteroatoms. The third kappa shape index (κ3) is 5.43. The molecule has 8 nitrogen and oxygen atoms in total. The second kappa shape index (κ2) is 9.14. The molecule has 24 heavy (non-hydrogen) atoms. The van der Waals surface area contributed by atoms with Gasteiger partial charge in [-0.1, -0.05) is 0 Å². The highest BCUT2D eigenvalue weighted by Crippen LogP contribution is 2.11. The Labute approximate surface area is 143 Å². The summed E-state index contributed by atoms with van der Waals surface area (Å²) in [5.41, 5.74) is 1.16. The third-order valence-corrected chi connectivity index (χ3v) is 3.98. The quantitative estimate of drug-likeness (QED) is 0.618. The van der Waals surface area contributed by atoms with Gasteiger partial charge in [-0.2, -0.15) is 5.10 Å². The van der Waals surface area contributed by atoms with Gasteiger partial charge in [0.2, 0.25) is 0 Å². The second-order valence-corrected chi connectivity index (χ2v) is 5.88. The highest BCUT2D eigenvalue weighted by Gasteiger charge is 2.23. The summed E-state index contributed by atoms with van der Waals surface area (Å²) in [5, 5.41) is 11.0.